The lowest BCUT2D eigenvalue weighted by atomic mass is 10.2. The van der Waals surface area contributed by atoms with Crippen LogP contribution in [0.25, 0.3) is 0 Å². The summed E-state index contributed by atoms with van der Waals surface area (Å²) in [6, 6.07) is 16.3. The predicted octanol–water partition coefficient (Wildman–Crippen LogP) is 6.22. The van der Waals surface area contributed by atoms with Gasteiger partial charge in [0, 0.05) is 18.3 Å². The number of alkyl halides is 3. The molecule has 35 heavy (non-hydrogen) atoms. The van der Waals surface area contributed by atoms with Gasteiger partial charge in [0.2, 0.25) is 0 Å². The van der Waals surface area contributed by atoms with Gasteiger partial charge in [-0.3, -0.25) is 0 Å². The maximum atomic E-state index is 12.9. The molecule has 0 spiro atoms. The number of hydrogen-bond acceptors (Lipinski definition) is 4. The van der Waals surface area contributed by atoms with E-state index in [4.69, 9.17) is 4.18 Å². The highest BCUT2D eigenvalue weighted by Gasteiger charge is 2.32. The second-order valence-electron chi connectivity index (χ2n) is 8.22. The fraction of sp³-hybridized carbons (Fsp3) is 0.240. The van der Waals surface area contributed by atoms with Crippen LogP contribution in [0.2, 0.25) is 0 Å². The Hall–Kier alpha value is -3.53. The molecule has 0 atom stereocenters. The maximum absolute atomic E-state index is 12.9. The zero-order valence-corrected chi connectivity index (χ0v) is 20.2. The standard InChI is InChI=1S/C25H25F3N2O4S/c1-17(2)30(24(31)29-21-11-7-18(3)8-12-21)16-19-9-13-22(14-10-19)34-35(32,33)23-6-4-5-20(15-23)25(26,27)28/h4-15,17H,16H2,1-3H3,(H,29,31). The van der Waals surface area contributed by atoms with Gasteiger partial charge in [0.05, 0.1) is 5.56 Å². The minimum absolute atomic E-state index is 0.0636. The molecule has 6 nitrogen and oxygen atoms in total. The number of benzene rings is 3. The molecule has 1 N–H and O–H groups in total. The van der Waals surface area contributed by atoms with Crippen molar-refractivity contribution in [3.8, 4) is 5.75 Å². The zero-order chi connectivity index (χ0) is 25.8. The molecule has 3 aromatic carbocycles. The summed E-state index contributed by atoms with van der Waals surface area (Å²) in [5, 5.41) is 2.85. The molecule has 2 amide bonds. The first kappa shape index (κ1) is 26.1. The van der Waals surface area contributed by atoms with Crippen LogP contribution < -0.4 is 9.50 Å². The Morgan fingerprint density at radius 1 is 1.00 bits per heavy atom. The first-order valence-corrected chi connectivity index (χ1v) is 12.1. The highest BCUT2D eigenvalue weighted by Crippen LogP contribution is 2.31. The van der Waals surface area contributed by atoms with Crippen LogP contribution in [-0.2, 0) is 22.8 Å². The molecule has 3 aromatic rings. The number of nitrogens with one attached hydrogen (secondary N) is 1. The van der Waals surface area contributed by atoms with Gasteiger partial charge in [0.15, 0.2) is 0 Å². The van der Waals surface area contributed by atoms with E-state index in [1.807, 2.05) is 45.0 Å². The number of urea groups is 1. The molecule has 3 rings (SSSR count). The Labute approximate surface area is 202 Å². The van der Waals surface area contributed by atoms with Crippen molar-refractivity contribution in [2.24, 2.45) is 0 Å². The predicted molar refractivity (Wildman–Crippen MR) is 127 cm³/mol. The first-order chi connectivity index (χ1) is 16.3. The van der Waals surface area contributed by atoms with Crippen molar-refractivity contribution in [3.63, 3.8) is 0 Å². The van der Waals surface area contributed by atoms with Crippen LogP contribution in [0, 0.1) is 6.92 Å². The molecule has 0 fully saturated rings. The van der Waals surface area contributed by atoms with Crippen molar-refractivity contribution >= 4 is 21.8 Å². The van der Waals surface area contributed by atoms with Crippen LogP contribution in [0.5, 0.6) is 5.75 Å². The van der Waals surface area contributed by atoms with E-state index in [-0.39, 0.29) is 24.4 Å². The van der Waals surface area contributed by atoms with Gasteiger partial charge in [-0.15, -0.1) is 0 Å². The van der Waals surface area contributed by atoms with Crippen LogP contribution in [0.4, 0.5) is 23.7 Å². The summed E-state index contributed by atoms with van der Waals surface area (Å²) in [5.41, 5.74) is 1.35. The van der Waals surface area contributed by atoms with E-state index in [0.29, 0.717) is 17.3 Å². The lowest BCUT2D eigenvalue weighted by molar-refractivity contribution is -0.137. The summed E-state index contributed by atoms with van der Waals surface area (Å²) in [4.78, 5) is 13.8. The van der Waals surface area contributed by atoms with Gasteiger partial charge in [-0.05, 0) is 68.8 Å². The van der Waals surface area contributed by atoms with Crippen LogP contribution in [0.3, 0.4) is 0 Å². The molecule has 0 aliphatic heterocycles. The van der Waals surface area contributed by atoms with Gasteiger partial charge in [-0.25, -0.2) is 4.79 Å². The summed E-state index contributed by atoms with van der Waals surface area (Å²) in [7, 11) is -4.47. The summed E-state index contributed by atoms with van der Waals surface area (Å²) in [5.74, 6) is -0.0636. The average molecular weight is 507 g/mol. The molecule has 0 heterocycles. The second kappa shape index (κ2) is 10.4. The van der Waals surface area contributed by atoms with Gasteiger partial charge in [-0.1, -0.05) is 35.9 Å². The molecule has 0 saturated heterocycles. The van der Waals surface area contributed by atoms with E-state index in [2.05, 4.69) is 5.32 Å². The number of halogens is 3. The van der Waals surface area contributed by atoms with Crippen molar-refractivity contribution < 1.29 is 30.6 Å². The number of hydrogen-bond donors (Lipinski definition) is 1. The highest BCUT2D eigenvalue weighted by atomic mass is 32.2. The van der Waals surface area contributed by atoms with E-state index in [0.717, 1.165) is 23.8 Å². The molecule has 0 aliphatic rings. The largest absolute Gasteiger partial charge is 0.416 e. The van der Waals surface area contributed by atoms with Crippen molar-refractivity contribution in [1.82, 2.24) is 4.90 Å². The Morgan fingerprint density at radius 3 is 2.20 bits per heavy atom. The summed E-state index contributed by atoms with van der Waals surface area (Å²) in [6.45, 7) is 5.93. The molecular formula is C25H25F3N2O4S. The number of nitrogens with zero attached hydrogens (tertiary/aromatic N) is 1. The van der Waals surface area contributed by atoms with E-state index in [1.165, 1.54) is 12.1 Å². The Kier molecular flexibility index (Phi) is 7.74. The number of rotatable bonds is 7. The van der Waals surface area contributed by atoms with Crippen LogP contribution >= 0.6 is 0 Å². The second-order valence-corrected chi connectivity index (χ2v) is 9.77. The fourth-order valence-electron chi connectivity index (χ4n) is 3.17. The molecule has 0 bridgehead atoms. The summed E-state index contributed by atoms with van der Waals surface area (Å²) in [6.07, 6.45) is -4.68. The average Bonchev–Trinajstić information content (AvgIpc) is 2.79. The topological polar surface area (TPSA) is 75.7 Å². The molecule has 0 saturated carbocycles. The minimum Gasteiger partial charge on any atom is -0.379 e. The number of carbonyl (C=O) groups is 1. The fourth-order valence-corrected chi connectivity index (χ4v) is 4.15. The Balaban J connectivity index is 1.70. The number of anilines is 1. The number of aryl methyl sites for hydroxylation is 1. The van der Waals surface area contributed by atoms with Gasteiger partial charge in [-0.2, -0.15) is 21.6 Å². The molecule has 0 aliphatic carbocycles. The normalized spacial score (nSPS) is 11.9. The van der Waals surface area contributed by atoms with Crippen LogP contribution in [0.1, 0.15) is 30.5 Å². The molecule has 186 valence electrons. The maximum Gasteiger partial charge on any atom is 0.416 e. The smallest absolute Gasteiger partial charge is 0.379 e. The SMILES string of the molecule is Cc1ccc(NC(=O)N(Cc2ccc(OS(=O)(=O)c3cccc(C(F)(F)F)c3)cc2)C(C)C)cc1. The highest BCUT2D eigenvalue weighted by molar-refractivity contribution is 7.87. The Morgan fingerprint density at radius 2 is 1.63 bits per heavy atom. The lowest BCUT2D eigenvalue weighted by Gasteiger charge is -2.27. The van der Waals surface area contributed by atoms with Gasteiger partial charge < -0.3 is 14.4 Å². The van der Waals surface area contributed by atoms with Crippen LogP contribution in [0.15, 0.2) is 77.7 Å². The summed E-state index contributed by atoms with van der Waals surface area (Å²) < 4.78 is 68.7. The van der Waals surface area contributed by atoms with Crippen LogP contribution in [-0.4, -0.2) is 25.4 Å². The van der Waals surface area contributed by atoms with E-state index in [9.17, 15) is 26.4 Å². The zero-order valence-electron chi connectivity index (χ0n) is 19.3. The van der Waals surface area contributed by atoms with E-state index in [1.54, 1.807) is 17.0 Å². The number of carbonyl (C=O) groups excluding carboxylic acids is 1. The van der Waals surface area contributed by atoms with Crippen molar-refractivity contribution in [2.45, 2.75) is 44.4 Å². The summed E-state index contributed by atoms with van der Waals surface area (Å²) >= 11 is 0. The quantitative estimate of drug-likeness (QED) is 0.386. The molecule has 0 unspecified atom stereocenters. The van der Waals surface area contributed by atoms with Gasteiger partial charge >= 0.3 is 22.3 Å². The third-order valence-corrected chi connectivity index (χ3v) is 6.36. The lowest BCUT2D eigenvalue weighted by Crippen LogP contribution is -2.39. The molecule has 10 heteroatoms. The van der Waals surface area contributed by atoms with Crippen molar-refractivity contribution in [3.05, 3.63) is 89.5 Å². The van der Waals surface area contributed by atoms with Crippen molar-refractivity contribution in [1.29, 1.82) is 0 Å². The molecular weight excluding hydrogens is 481 g/mol. The van der Waals surface area contributed by atoms with E-state index >= 15 is 0 Å². The first-order valence-electron chi connectivity index (χ1n) is 10.7. The number of amides is 2. The third kappa shape index (κ3) is 6.98. The van der Waals surface area contributed by atoms with E-state index < -0.39 is 26.8 Å². The third-order valence-electron chi connectivity index (χ3n) is 5.12. The van der Waals surface area contributed by atoms with Crippen molar-refractivity contribution in [2.75, 3.05) is 5.32 Å². The molecule has 0 radical (unpaired) electrons. The Bertz CT molecular complexity index is 1270. The molecule has 0 aromatic heterocycles. The monoisotopic (exact) mass is 506 g/mol. The van der Waals surface area contributed by atoms with Gasteiger partial charge in [0.25, 0.3) is 0 Å². The van der Waals surface area contributed by atoms with Gasteiger partial charge in [0.1, 0.15) is 10.6 Å². The minimum atomic E-state index is -4.68.